The third-order valence-electron chi connectivity index (χ3n) is 4.53. The van der Waals surface area contributed by atoms with Gasteiger partial charge in [-0.2, -0.15) is 11.8 Å². The van der Waals surface area contributed by atoms with Crippen LogP contribution in [0.3, 0.4) is 0 Å². The lowest BCUT2D eigenvalue weighted by Gasteiger charge is -2.23. The number of thioether (sulfide) groups is 1. The molecule has 1 fully saturated rings. The van der Waals surface area contributed by atoms with Crippen LogP contribution in [0.15, 0.2) is 12.2 Å². The van der Waals surface area contributed by atoms with E-state index in [9.17, 15) is 14.7 Å². The van der Waals surface area contributed by atoms with Crippen molar-refractivity contribution in [2.24, 2.45) is 0 Å². The number of hydrogen-bond acceptors (Lipinski definition) is 4. The molecule has 1 saturated heterocycles. The van der Waals surface area contributed by atoms with Gasteiger partial charge in [0.25, 0.3) is 0 Å². The summed E-state index contributed by atoms with van der Waals surface area (Å²) in [6.07, 6.45) is 9.72. The number of nitrogens with zero attached hydrogens (tertiary/aromatic N) is 1. The Bertz CT molecular complexity index is 441. The van der Waals surface area contributed by atoms with Crippen molar-refractivity contribution in [3.05, 3.63) is 12.2 Å². The van der Waals surface area contributed by atoms with Crippen LogP contribution in [0.25, 0.3) is 0 Å². The Kier molecular flexibility index (Phi) is 10.9. The first-order valence-corrected chi connectivity index (χ1v) is 10.5. The molecule has 0 aromatic rings. The average molecular weight is 372 g/mol. The summed E-state index contributed by atoms with van der Waals surface area (Å²) in [5.41, 5.74) is 0. The number of carboxylic acids is 1. The first-order valence-electron chi connectivity index (χ1n) is 9.43. The molecule has 1 amide bonds. The van der Waals surface area contributed by atoms with E-state index in [0.717, 1.165) is 37.9 Å². The second-order valence-electron chi connectivity index (χ2n) is 6.76. The van der Waals surface area contributed by atoms with Gasteiger partial charge in [-0.05, 0) is 19.3 Å². The zero-order valence-electron chi connectivity index (χ0n) is 15.5. The maximum atomic E-state index is 12.1. The van der Waals surface area contributed by atoms with Gasteiger partial charge in [0, 0.05) is 30.4 Å². The Hall–Kier alpha value is -1.01. The number of carbonyl (C=O) groups excluding carboxylic acids is 1. The number of carbonyl (C=O) groups is 2. The van der Waals surface area contributed by atoms with Crippen molar-refractivity contribution in [1.29, 1.82) is 0 Å². The summed E-state index contributed by atoms with van der Waals surface area (Å²) in [5.74, 6) is 0.231. The maximum Gasteiger partial charge on any atom is 0.303 e. The molecule has 1 unspecified atom stereocenters. The van der Waals surface area contributed by atoms with Crippen LogP contribution in [0.2, 0.25) is 0 Å². The molecule has 1 aliphatic rings. The van der Waals surface area contributed by atoms with Crippen LogP contribution in [-0.2, 0) is 9.59 Å². The first kappa shape index (κ1) is 22.0. The minimum Gasteiger partial charge on any atom is -0.481 e. The third kappa shape index (κ3) is 9.31. The molecule has 1 rings (SSSR count). The number of aliphatic hydroxyl groups excluding tert-OH is 1. The van der Waals surface area contributed by atoms with Gasteiger partial charge in [-0.25, -0.2) is 0 Å². The predicted octanol–water partition coefficient (Wildman–Crippen LogP) is 3.46. The molecule has 0 bridgehead atoms. The number of aliphatic hydroxyl groups is 1. The van der Waals surface area contributed by atoms with E-state index in [1.807, 2.05) is 24.0 Å². The van der Waals surface area contributed by atoms with Crippen molar-refractivity contribution in [2.75, 3.05) is 12.3 Å². The lowest BCUT2D eigenvalue weighted by molar-refractivity contribution is -0.137. The van der Waals surface area contributed by atoms with Gasteiger partial charge in [-0.15, -0.1) is 0 Å². The van der Waals surface area contributed by atoms with E-state index >= 15 is 0 Å². The number of rotatable bonds is 13. The van der Waals surface area contributed by atoms with Gasteiger partial charge in [-0.1, -0.05) is 45.3 Å². The van der Waals surface area contributed by atoms with Crippen LogP contribution in [0.5, 0.6) is 0 Å². The topological polar surface area (TPSA) is 77.8 Å². The first-order chi connectivity index (χ1) is 11.9. The van der Waals surface area contributed by atoms with E-state index in [0.29, 0.717) is 19.4 Å². The number of aliphatic carboxylic acids is 1. The number of likely N-dealkylation sites (tertiary alicyclic amines) is 1. The molecule has 0 radical (unpaired) electrons. The molecule has 0 aromatic heterocycles. The number of carboxylic acid groups (broad SMARTS) is 1. The van der Waals surface area contributed by atoms with Crippen molar-refractivity contribution in [1.82, 2.24) is 4.90 Å². The van der Waals surface area contributed by atoms with E-state index in [2.05, 4.69) is 6.92 Å². The normalized spacial score (nSPS) is 20.4. The molecule has 0 spiro atoms. The number of hydrogen-bond donors (Lipinski definition) is 2. The molecule has 25 heavy (non-hydrogen) atoms. The highest BCUT2D eigenvalue weighted by Gasteiger charge is 2.28. The Morgan fingerprint density at radius 2 is 2.16 bits per heavy atom. The van der Waals surface area contributed by atoms with E-state index < -0.39 is 12.1 Å². The molecule has 0 aromatic carbocycles. The van der Waals surface area contributed by atoms with Crippen molar-refractivity contribution < 1.29 is 19.8 Å². The molecule has 2 N–H and O–H groups in total. The van der Waals surface area contributed by atoms with Crippen LogP contribution in [0.4, 0.5) is 0 Å². The molecule has 1 aliphatic heterocycles. The fraction of sp³-hybridized carbons (Fsp3) is 0.789. The highest BCUT2D eigenvalue weighted by atomic mass is 32.2. The summed E-state index contributed by atoms with van der Waals surface area (Å²) in [7, 11) is 0. The lowest BCUT2D eigenvalue weighted by atomic mass is 10.1. The quantitative estimate of drug-likeness (QED) is 0.383. The largest absolute Gasteiger partial charge is 0.481 e. The Labute approximate surface area is 155 Å². The average Bonchev–Trinajstić information content (AvgIpc) is 2.91. The molecule has 3 atom stereocenters. The van der Waals surface area contributed by atoms with Crippen molar-refractivity contribution in [3.63, 3.8) is 0 Å². The Morgan fingerprint density at radius 1 is 1.40 bits per heavy atom. The lowest BCUT2D eigenvalue weighted by Crippen LogP contribution is -2.34. The minimum absolute atomic E-state index is 0.0863. The van der Waals surface area contributed by atoms with Gasteiger partial charge in [-0.3, -0.25) is 9.59 Å². The van der Waals surface area contributed by atoms with Crippen LogP contribution < -0.4 is 0 Å². The summed E-state index contributed by atoms with van der Waals surface area (Å²) < 4.78 is 0. The number of unbranched alkanes of at least 4 members (excludes halogenated alkanes) is 2. The van der Waals surface area contributed by atoms with E-state index in [1.165, 1.54) is 0 Å². The van der Waals surface area contributed by atoms with Crippen molar-refractivity contribution >= 4 is 23.6 Å². The monoisotopic (exact) mass is 371 g/mol. The fourth-order valence-electron chi connectivity index (χ4n) is 2.96. The molecule has 0 aliphatic carbocycles. The predicted molar refractivity (Wildman–Crippen MR) is 103 cm³/mol. The van der Waals surface area contributed by atoms with Crippen molar-refractivity contribution in [3.8, 4) is 0 Å². The molecule has 1 heterocycles. The molecule has 0 saturated carbocycles. The smallest absolute Gasteiger partial charge is 0.303 e. The number of amides is 1. The Balaban J connectivity index is 2.35. The second-order valence-corrected chi connectivity index (χ2v) is 8.30. The van der Waals surface area contributed by atoms with Gasteiger partial charge in [0.05, 0.1) is 12.1 Å². The summed E-state index contributed by atoms with van der Waals surface area (Å²) in [6.45, 7) is 4.86. The van der Waals surface area contributed by atoms with E-state index in [4.69, 9.17) is 5.11 Å². The summed E-state index contributed by atoms with van der Waals surface area (Å²) in [5, 5.41) is 19.0. The summed E-state index contributed by atoms with van der Waals surface area (Å²) in [6, 6.07) is 0.0863. The van der Waals surface area contributed by atoms with Crippen LogP contribution in [0, 0.1) is 0 Å². The van der Waals surface area contributed by atoms with Gasteiger partial charge >= 0.3 is 5.97 Å². The highest BCUT2D eigenvalue weighted by Crippen LogP contribution is 2.22. The van der Waals surface area contributed by atoms with Gasteiger partial charge in [0.15, 0.2) is 0 Å². The Morgan fingerprint density at radius 3 is 2.84 bits per heavy atom. The molecule has 144 valence electrons. The SMILES string of the molecule is CCCCC[C@H](O)/C=C/[C@H]1CCC(=O)N1CCSC(C)CCC(=O)O. The summed E-state index contributed by atoms with van der Waals surface area (Å²) in [4.78, 5) is 24.6. The molecular weight excluding hydrogens is 338 g/mol. The van der Waals surface area contributed by atoms with Gasteiger partial charge in [0.2, 0.25) is 5.91 Å². The highest BCUT2D eigenvalue weighted by molar-refractivity contribution is 7.99. The molecule has 6 heteroatoms. The van der Waals surface area contributed by atoms with Gasteiger partial charge in [0.1, 0.15) is 0 Å². The third-order valence-corrected chi connectivity index (χ3v) is 5.76. The van der Waals surface area contributed by atoms with Gasteiger partial charge < -0.3 is 15.1 Å². The summed E-state index contributed by atoms with van der Waals surface area (Å²) >= 11 is 1.72. The van der Waals surface area contributed by atoms with Crippen LogP contribution in [0.1, 0.15) is 65.2 Å². The minimum atomic E-state index is -0.759. The zero-order chi connectivity index (χ0) is 18.7. The zero-order valence-corrected chi connectivity index (χ0v) is 16.3. The molecular formula is C19H33NO4S. The maximum absolute atomic E-state index is 12.1. The molecule has 5 nitrogen and oxygen atoms in total. The van der Waals surface area contributed by atoms with Crippen LogP contribution in [-0.4, -0.2) is 56.7 Å². The fourth-order valence-corrected chi connectivity index (χ4v) is 3.95. The van der Waals surface area contributed by atoms with E-state index in [-0.39, 0.29) is 23.6 Å². The second kappa shape index (κ2) is 12.4. The van der Waals surface area contributed by atoms with Crippen molar-refractivity contribution in [2.45, 2.75) is 82.6 Å². The van der Waals surface area contributed by atoms with Crippen LogP contribution >= 0.6 is 11.8 Å². The van der Waals surface area contributed by atoms with E-state index in [1.54, 1.807) is 11.8 Å². The standard InChI is InChI=1S/C19H33NO4S/c1-3-4-5-6-17(21)10-8-16-9-11-18(22)20(16)13-14-25-15(2)7-12-19(23)24/h8,10,15-17,21H,3-7,9,11-14H2,1-2H3,(H,23,24)/b10-8+/t15?,16-,17-/m0/s1.